The highest BCUT2D eigenvalue weighted by Gasteiger charge is 2.28. The summed E-state index contributed by atoms with van der Waals surface area (Å²) in [7, 11) is 0. The van der Waals surface area contributed by atoms with Crippen LogP contribution in [0.1, 0.15) is 25.3 Å². The number of carbonyl (C=O) groups excluding carboxylic acids is 3. The fourth-order valence-corrected chi connectivity index (χ4v) is 3.37. The highest BCUT2D eigenvalue weighted by atomic mass is 32.1. The third-order valence-corrected chi connectivity index (χ3v) is 4.78. The van der Waals surface area contributed by atoms with Gasteiger partial charge in [-0.05, 0) is 18.4 Å². The summed E-state index contributed by atoms with van der Waals surface area (Å²) >= 11 is 1.32. The lowest BCUT2D eigenvalue weighted by Crippen LogP contribution is -2.35. The summed E-state index contributed by atoms with van der Waals surface area (Å²) in [5.74, 6) is -0.785. The van der Waals surface area contributed by atoms with Crippen molar-refractivity contribution in [2.24, 2.45) is 0 Å². The number of nitrogens with one attached hydrogen (secondary N) is 2. The van der Waals surface area contributed by atoms with E-state index >= 15 is 0 Å². The number of thiazole rings is 1. The summed E-state index contributed by atoms with van der Waals surface area (Å²) in [6.07, 6.45) is 3.42. The van der Waals surface area contributed by atoms with E-state index < -0.39 is 11.9 Å². The molecule has 4 amide bonds. The zero-order chi connectivity index (χ0) is 18.5. The average Bonchev–Trinajstić information content (AvgIpc) is 3.20. The Morgan fingerprint density at radius 3 is 2.73 bits per heavy atom. The van der Waals surface area contributed by atoms with Crippen LogP contribution in [0.3, 0.4) is 0 Å². The zero-order valence-electron chi connectivity index (χ0n) is 14.4. The number of aromatic nitrogens is 1. The lowest BCUT2D eigenvalue weighted by atomic mass is 10.1. The SMILES string of the molecule is CCCCc1ccc(-c2csc(NC(=O)CN3CC(=O)NC3=O)n2)cc1. The van der Waals surface area contributed by atoms with Gasteiger partial charge in [0.2, 0.25) is 11.8 Å². The minimum Gasteiger partial charge on any atom is -0.306 e. The van der Waals surface area contributed by atoms with Crippen LogP contribution in [0, 0.1) is 0 Å². The van der Waals surface area contributed by atoms with Gasteiger partial charge in [-0.3, -0.25) is 14.9 Å². The first-order valence-corrected chi connectivity index (χ1v) is 9.36. The molecule has 8 heteroatoms. The number of hydrogen-bond acceptors (Lipinski definition) is 5. The smallest absolute Gasteiger partial charge is 0.306 e. The second kappa shape index (κ2) is 8.09. The first-order chi connectivity index (χ1) is 12.5. The maximum absolute atomic E-state index is 12.0. The number of rotatable bonds is 7. The van der Waals surface area contributed by atoms with E-state index in [1.165, 1.54) is 29.7 Å². The maximum atomic E-state index is 12.0. The Morgan fingerprint density at radius 1 is 1.31 bits per heavy atom. The zero-order valence-corrected chi connectivity index (χ0v) is 15.3. The van der Waals surface area contributed by atoms with E-state index in [0.717, 1.165) is 22.6 Å². The molecule has 26 heavy (non-hydrogen) atoms. The first-order valence-electron chi connectivity index (χ1n) is 8.48. The normalized spacial score (nSPS) is 13.8. The standard InChI is InChI=1S/C18H20N4O3S/c1-2-3-4-12-5-7-13(8-6-12)14-11-26-17(19-14)20-15(23)9-22-10-16(24)21-18(22)25/h5-8,11H,2-4,9-10H2,1H3,(H,19,20,23)(H,21,24,25). The van der Waals surface area contributed by atoms with Crippen LogP contribution in [-0.2, 0) is 16.0 Å². The number of nitrogens with zero attached hydrogens (tertiary/aromatic N) is 2. The van der Waals surface area contributed by atoms with Crippen molar-refractivity contribution in [1.29, 1.82) is 0 Å². The second-order valence-corrected chi connectivity index (χ2v) is 6.95. The Balaban J connectivity index is 1.58. The van der Waals surface area contributed by atoms with E-state index in [1.54, 1.807) is 0 Å². The van der Waals surface area contributed by atoms with Crippen LogP contribution >= 0.6 is 11.3 Å². The van der Waals surface area contributed by atoms with Crippen molar-refractivity contribution in [2.45, 2.75) is 26.2 Å². The molecule has 0 radical (unpaired) electrons. The summed E-state index contributed by atoms with van der Waals surface area (Å²) in [4.78, 5) is 40.2. The molecule has 1 aromatic carbocycles. The van der Waals surface area contributed by atoms with Crippen molar-refractivity contribution in [3.05, 3.63) is 35.2 Å². The predicted octanol–water partition coefficient (Wildman–Crippen LogP) is 2.64. The molecule has 1 fully saturated rings. The topological polar surface area (TPSA) is 91.4 Å². The van der Waals surface area contributed by atoms with E-state index in [1.807, 2.05) is 17.5 Å². The van der Waals surface area contributed by atoms with Crippen LogP contribution in [0.5, 0.6) is 0 Å². The van der Waals surface area contributed by atoms with Crippen molar-refractivity contribution in [2.75, 3.05) is 18.4 Å². The van der Waals surface area contributed by atoms with Crippen LogP contribution in [0.2, 0.25) is 0 Å². The second-order valence-electron chi connectivity index (χ2n) is 6.10. The van der Waals surface area contributed by atoms with Crippen molar-refractivity contribution >= 4 is 34.3 Å². The van der Waals surface area contributed by atoms with Crippen molar-refractivity contribution in [3.63, 3.8) is 0 Å². The quantitative estimate of drug-likeness (QED) is 0.731. The monoisotopic (exact) mass is 372 g/mol. The number of urea groups is 1. The van der Waals surface area contributed by atoms with Crippen molar-refractivity contribution in [1.82, 2.24) is 15.2 Å². The molecule has 1 aliphatic heterocycles. The number of benzene rings is 1. The Labute approximate surface area is 155 Å². The molecule has 0 spiro atoms. The van der Waals surface area contributed by atoms with Gasteiger partial charge in [0.1, 0.15) is 13.1 Å². The molecule has 136 valence electrons. The summed E-state index contributed by atoms with van der Waals surface area (Å²) in [6.45, 7) is 1.89. The molecular formula is C18H20N4O3S. The van der Waals surface area contributed by atoms with Gasteiger partial charge >= 0.3 is 6.03 Å². The summed E-state index contributed by atoms with van der Waals surface area (Å²) < 4.78 is 0. The van der Waals surface area contributed by atoms with Gasteiger partial charge in [0, 0.05) is 10.9 Å². The molecule has 3 rings (SSSR count). The molecule has 1 saturated heterocycles. The molecule has 2 heterocycles. The molecular weight excluding hydrogens is 352 g/mol. The molecule has 2 N–H and O–H groups in total. The molecule has 0 bridgehead atoms. The molecule has 1 aliphatic rings. The molecule has 2 aromatic rings. The van der Waals surface area contributed by atoms with E-state index in [-0.39, 0.29) is 19.0 Å². The fraction of sp³-hybridized carbons (Fsp3) is 0.333. The van der Waals surface area contributed by atoms with E-state index in [9.17, 15) is 14.4 Å². The number of anilines is 1. The van der Waals surface area contributed by atoms with Crippen LogP contribution in [0.25, 0.3) is 11.3 Å². The number of imide groups is 1. The van der Waals surface area contributed by atoms with Crippen molar-refractivity contribution < 1.29 is 14.4 Å². The van der Waals surface area contributed by atoms with E-state index in [4.69, 9.17) is 0 Å². The van der Waals surface area contributed by atoms with Crippen LogP contribution in [0.4, 0.5) is 9.93 Å². The number of carbonyl (C=O) groups is 3. The van der Waals surface area contributed by atoms with Gasteiger partial charge in [-0.15, -0.1) is 11.3 Å². The Kier molecular flexibility index (Phi) is 5.62. The average molecular weight is 372 g/mol. The van der Waals surface area contributed by atoms with Gasteiger partial charge in [0.15, 0.2) is 5.13 Å². The highest BCUT2D eigenvalue weighted by molar-refractivity contribution is 7.14. The van der Waals surface area contributed by atoms with Gasteiger partial charge in [-0.1, -0.05) is 37.6 Å². The molecule has 1 aromatic heterocycles. The molecule has 0 atom stereocenters. The van der Waals surface area contributed by atoms with Crippen molar-refractivity contribution in [3.8, 4) is 11.3 Å². The van der Waals surface area contributed by atoms with Gasteiger partial charge in [0.25, 0.3) is 0 Å². The highest BCUT2D eigenvalue weighted by Crippen LogP contribution is 2.25. The Morgan fingerprint density at radius 2 is 2.08 bits per heavy atom. The first kappa shape index (κ1) is 18.1. The van der Waals surface area contributed by atoms with Gasteiger partial charge in [-0.2, -0.15) is 0 Å². The number of hydrogen-bond donors (Lipinski definition) is 2. The minimum atomic E-state index is -0.548. The summed E-state index contributed by atoms with van der Waals surface area (Å²) in [5, 5.41) is 7.14. The third kappa shape index (κ3) is 4.45. The third-order valence-electron chi connectivity index (χ3n) is 4.02. The number of amides is 4. The van der Waals surface area contributed by atoms with Crippen LogP contribution in [-0.4, -0.2) is 40.8 Å². The maximum Gasteiger partial charge on any atom is 0.325 e. The minimum absolute atomic E-state index is 0.0975. The van der Waals surface area contributed by atoms with Gasteiger partial charge in [0.05, 0.1) is 5.69 Å². The molecule has 0 unspecified atom stereocenters. The largest absolute Gasteiger partial charge is 0.325 e. The summed E-state index contributed by atoms with van der Waals surface area (Å²) in [6, 6.07) is 7.72. The fourth-order valence-electron chi connectivity index (χ4n) is 2.63. The number of aryl methyl sites for hydroxylation is 1. The van der Waals surface area contributed by atoms with Gasteiger partial charge in [-0.25, -0.2) is 9.78 Å². The van der Waals surface area contributed by atoms with E-state index in [2.05, 4.69) is 34.7 Å². The lowest BCUT2D eigenvalue weighted by Gasteiger charge is -2.11. The molecule has 7 nitrogen and oxygen atoms in total. The van der Waals surface area contributed by atoms with Crippen LogP contribution in [0.15, 0.2) is 29.6 Å². The predicted molar refractivity (Wildman–Crippen MR) is 99.9 cm³/mol. The molecule has 0 saturated carbocycles. The van der Waals surface area contributed by atoms with Gasteiger partial charge < -0.3 is 10.2 Å². The summed E-state index contributed by atoms with van der Waals surface area (Å²) in [5.41, 5.74) is 3.09. The van der Waals surface area contributed by atoms with E-state index in [0.29, 0.717) is 5.13 Å². The Hall–Kier alpha value is -2.74. The molecule has 0 aliphatic carbocycles. The lowest BCUT2D eigenvalue weighted by molar-refractivity contribution is -0.119. The Bertz CT molecular complexity index is 816. The number of unbranched alkanes of at least 4 members (excludes halogenated alkanes) is 1. The van der Waals surface area contributed by atoms with Crippen LogP contribution < -0.4 is 10.6 Å².